The van der Waals surface area contributed by atoms with E-state index in [-0.39, 0.29) is 26.2 Å². The Balaban J connectivity index is 1.41. The van der Waals surface area contributed by atoms with Gasteiger partial charge in [-0.1, -0.05) is 48.5 Å². The van der Waals surface area contributed by atoms with Gasteiger partial charge in [0, 0.05) is 6.42 Å². The Morgan fingerprint density at radius 3 is 2.53 bits per heavy atom. The van der Waals surface area contributed by atoms with Gasteiger partial charge in [-0.2, -0.15) is 4.39 Å². The Morgan fingerprint density at radius 2 is 1.79 bits per heavy atom. The molecular formula is C24H23FN2O7. The van der Waals surface area contributed by atoms with Crippen LogP contribution < -0.4 is 16.0 Å². The Morgan fingerprint density at radius 1 is 1.09 bits per heavy atom. The maximum atomic E-state index is 13.8. The lowest BCUT2D eigenvalue weighted by atomic mass is 10.1. The van der Waals surface area contributed by atoms with E-state index < -0.39 is 41.5 Å². The molecule has 0 aliphatic carbocycles. The monoisotopic (exact) mass is 470 g/mol. The topological polar surface area (TPSA) is 109 Å². The number of halogens is 1. The first-order valence-corrected chi connectivity index (χ1v) is 10.6. The fourth-order valence-electron chi connectivity index (χ4n) is 3.52. The number of nitrogens with zero attached hydrogens (tertiary/aromatic N) is 1. The van der Waals surface area contributed by atoms with Crippen molar-refractivity contribution in [3.8, 4) is 5.75 Å². The van der Waals surface area contributed by atoms with Crippen molar-refractivity contribution in [2.75, 3.05) is 13.2 Å². The van der Waals surface area contributed by atoms with E-state index in [0.29, 0.717) is 5.75 Å². The number of H-pyrrole nitrogens is 1. The zero-order chi connectivity index (χ0) is 23.9. The molecule has 0 bridgehead atoms. The van der Waals surface area contributed by atoms with Gasteiger partial charge in [-0.25, -0.2) is 9.59 Å². The van der Waals surface area contributed by atoms with Crippen LogP contribution in [0.1, 0.15) is 18.2 Å². The van der Waals surface area contributed by atoms with Gasteiger partial charge < -0.3 is 18.9 Å². The molecule has 2 aromatic carbocycles. The summed E-state index contributed by atoms with van der Waals surface area (Å²) in [6.07, 6.45) is -1.22. The number of aromatic nitrogens is 2. The van der Waals surface area contributed by atoms with Crippen LogP contribution in [0.15, 0.2) is 76.4 Å². The number of hydrogen-bond donors (Lipinski definition) is 1. The molecule has 3 atom stereocenters. The van der Waals surface area contributed by atoms with Crippen molar-refractivity contribution >= 4 is 5.97 Å². The van der Waals surface area contributed by atoms with Gasteiger partial charge in [-0.05, 0) is 17.7 Å². The van der Waals surface area contributed by atoms with Gasteiger partial charge in [0.15, 0.2) is 6.61 Å². The van der Waals surface area contributed by atoms with Gasteiger partial charge in [0.1, 0.15) is 24.7 Å². The summed E-state index contributed by atoms with van der Waals surface area (Å²) in [6, 6.07) is 18.2. The zero-order valence-electron chi connectivity index (χ0n) is 18.1. The van der Waals surface area contributed by atoms with Gasteiger partial charge in [0.25, 0.3) is 5.56 Å². The van der Waals surface area contributed by atoms with Crippen LogP contribution in [0.5, 0.6) is 5.75 Å². The molecule has 34 heavy (non-hydrogen) atoms. The van der Waals surface area contributed by atoms with Crippen molar-refractivity contribution in [2.45, 2.75) is 31.5 Å². The number of ether oxygens (including phenoxy) is 4. The number of aromatic amines is 1. The minimum Gasteiger partial charge on any atom is -0.482 e. The van der Waals surface area contributed by atoms with E-state index in [4.69, 9.17) is 18.9 Å². The lowest BCUT2D eigenvalue weighted by Gasteiger charge is -2.19. The second-order valence-electron chi connectivity index (χ2n) is 7.63. The molecule has 1 saturated heterocycles. The van der Waals surface area contributed by atoms with Crippen LogP contribution in [0.4, 0.5) is 4.39 Å². The van der Waals surface area contributed by atoms with Crippen molar-refractivity contribution in [3.63, 3.8) is 0 Å². The molecule has 0 amide bonds. The fourth-order valence-corrected chi connectivity index (χ4v) is 3.52. The van der Waals surface area contributed by atoms with Crippen LogP contribution in [0.25, 0.3) is 0 Å². The summed E-state index contributed by atoms with van der Waals surface area (Å²) in [6.45, 7) is -0.189. The van der Waals surface area contributed by atoms with Crippen LogP contribution in [0, 0.1) is 5.82 Å². The molecular weight excluding hydrogens is 447 g/mol. The molecule has 1 N–H and O–H groups in total. The number of carbonyl (C=O) groups is 1. The maximum Gasteiger partial charge on any atom is 0.344 e. The summed E-state index contributed by atoms with van der Waals surface area (Å²) in [5, 5.41) is 0. The third-order valence-corrected chi connectivity index (χ3v) is 5.23. The summed E-state index contributed by atoms with van der Waals surface area (Å²) in [5.41, 5.74) is -1.00. The average molecular weight is 470 g/mol. The molecule has 0 spiro atoms. The fraction of sp³-hybridized carbons (Fsp3) is 0.292. The van der Waals surface area contributed by atoms with Crippen LogP contribution in [-0.2, 0) is 25.6 Å². The predicted octanol–water partition coefficient (Wildman–Crippen LogP) is 2.17. The van der Waals surface area contributed by atoms with Crippen LogP contribution in [0.3, 0.4) is 0 Å². The van der Waals surface area contributed by atoms with Crippen LogP contribution in [0.2, 0.25) is 0 Å². The highest BCUT2D eigenvalue weighted by atomic mass is 19.1. The Hall–Kier alpha value is -3.76. The molecule has 1 aromatic heterocycles. The van der Waals surface area contributed by atoms with Crippen molar-refractivity contribution in [1.82, 2.24) is 9.55 Å². The summed E-state index contributed by atoms with van der Waals surface area (Å²) in [5.74, 6) is -1.19. The quantitative estimate of drug-likeness (QED) is 0.478. The number of para-hydroxylation sites is 1. The summed E-state index contributed by atoms with van der Waals surface area (Å²) >= 11 is 0. The van der Waals surface area contributed by atoms with Gasteiger partial charge in [-0.15, -0.1) is 0 Å². The Labute approximate surface area is 193 Å². The number of benzene rings is 2. The second kappa shape index (κ2) is 10.9. The van der Waals surface area contributed by atoms with Crippen molar-refractivity contribution in [2.24, 2.45) is 0 Å². The zero-order valence-corrected chi connectivity index (χ0v) is 18.1. The molecule has 1 aliphatic rings. The Kier molecular flexibility index (Phi) is 7.51. The van der Waals surface area contributed by atoms with E-state index in [9.17, 15) is 18.8 Å². The average Bonchev–Trinajstić information content (AvgIpc) is 3.26. The van der Waals surface area contributed by atoms with E-state index in [0.717, 1.165) is 16.3 Å². The van der Waals surface area contributed by atoms with E-state index in [1.165, 1.54) is 0 Å². The van der Waals surface area contributed by atoms with Crippen LogP contribution in [-0.4, -0.2) is 40.9 Å². The largest absolute Gasteiger partial charge is 0.482 e. The van der Waals surface area contributed by atoms with Gasteiger partial charge >= 0.3 is 11.7 Å². The van der Waals surface area contributed by atoms with Crippen molar-refractivity contribution in [3.05, 3.63) is 99.1 Å². The minimum absolute atomic E-state index is 0.159. The van der Waals surface area contributed by atoms with Gasteiger partial charge in [0.2, 0.25) is 5.82 Å². The van der Waals surface area contributed by atoms with Crippen LogP contribution >= 0.6 is 0 Å². The number of rotatable bonds is 9. The minimum atomic E-state index is -1.11. The number of esters is 1. The highest BCUT2D eigenvalue weighted by Crippen LogP contribution is 2.31. The molecule has 0 saturated carbocycles. The number of nitrogens with one attached hydrogen (secondary N) is 1. The maximum absolute atomic E-state index is 13.8. The standard InChI is InChI=1S/C24H23FN2O7/c25-18-12-27(24(30)26-23(18)29)21-11-19(32-13-16-7-3-1-4-8-16)20(34-21)14-33-22(28)15-31-17-9-5-2-6-10-17/h1-10,12,19-21H,11,13-15H2,(H,26,29,30)/t19-,20+,21+/m0/s1. The van der Waals surface area contributed by atoms with E-state index in [2.05, 4.69) is 0 Å². The first-order chi connectivity index (χ1) is 16.5. The van der Waals surface area contributed by atoms with Crippen molar-refractivity contribution < 1.29 is 28.1 Å². The SMILES string of the molecule is O=C(COc1ccccc1)OC[C@H]1O[C@@H](n2cc(F)c(=O)[nH]c2=O)C[C@@H]1OCc1ccccc1. The number of carbonyl (C=O) groups excluding carboxylic acids is 1. The lowest BCUT2D eigenvalue weighted by Crippen LogP contribution is -2.34. The first kappa shape index (κ1) is 23.4. The summed E-state index contributed by atoms with van der Waals surface area (Å²) in [7, 11) is 0. The summed E-state index contributed by atoms with van der Waals surface area (Å²) < 4.78 is 37.3. The normalized spacial score (nSPS) is 19.6. The predicted molar refractivity (Wildman–Crippen MR) is 118 cm³/mol. The summed E-state index contributed by atoms with van der Waals surface area (Å²) in [4.78, 5) is 37.6. The molecule has 0 unspecified atom stereocenters. The van der Waals surface area contributed by atoms with Gasteiger partial charge in [0.05, 0.1) is 18.9 Å². The molecule has 9 nitrogen and oxygen atoms in total. The smallest absolute Gasteiger partial charge is 0.344 e. The highest BCUT2D eigenvalue weighted by molar-refractivity contribution is 5.71. The molecule has 0 radical (unpaired) electrons. The molecule has 1 fully saturated rings. The Bertz CT molecular complexity index is 1210. The first-order valence-electron chi connectivity index (χ1n) is 10.6. The van der Waals surface area contributed by atoms with E-state index in [1.807, 2.05) is 41.4 Å². The molecule has 178 valence electrons. The second-order valence-corrected chi connectivity index (χ2v) is 7.63. The third kappa shape index (κ3) is 5.97. The highest BCUT2D eigenvalue weighted by Gasteiger charge is 2.38. The molecule has 4 rings (SSSR count). The van der Waals surface area contributed by atoms with Crippen molar-refractivity contribution in [1.29, 1.82) is 0 Å². The lowest BCUT2D eigenvalue weighted by molar-refractivity contribution is -0.153. The molecule has 10 heteroatoms. The molecule has 3 aromatic rings. The number of hydrogen-bond acceptors (Lipinski definition) is 7. The van der Waals surface area contributed by atoms with Gasteiger partial charge in [-0.3, -0.25) is 14.3 Å². The molecule has 1 aliphatic heterocycles. The third-order valence-electron chi connectivity index (χ3n) is 5.23. The molecule has 2 heterocycles. The van der Waals surface area contributed by atoms with E-state index >= 15 is 0 Å². The van der Waals surface area contributed by atoms with E-state index in [1.54, 1.807) is 24.3 Å².